The maximum absolute atomic E-state index is 11.0. The monoisotopic (exact) mass is 236 g/mol. The maximum atomic E-state index is 11.0. The molecule has 1 heterocycles. The predicted octanol–water partition coefficient (Wildman–Crippen LogP) is 1.33. The van der Waals surface area contributed by atoms with E-state index in [-0.39, 0.29) is 12.4 Å². The summed E-state index contributed by atoms with van der Waals surface area (Å²) in [5, 5.41) is 0.362. The smallest absolute Gasteiger partial charge is 0.327 e. The van der Waals surface area contributed by atoms with Crippen LogP contribution >= 0.6 is 24.0 Å². The third kappa shape index (κ3) is 3.14. The molecule has 2 N–H and O–H groups in total. The second-order valence-electron chi connectivity index (χ2n) is 2.42. The molecule has 1 atom stereocenters. The SMILES string of the molecule is COC(=O)[C@H](N)c1ccc(Cl)nc1.Cl. The molecule has 14 heavy (non-hydrogen) atoms. The normalized spacial score (nSPS) is 11.4. The minimum Gasteiger partial charge on any atom is -0.468 e. The Labute approximate surface area is 92.8 Å². The van der Waals surface area contributed by atoms with Crippen LogP contribution in [0.4, 0.5) is 0 Å². The van der Waals surface area contributed by atoms with Gasteiger partial charge in [0.15, 0.2) is 0 Å². The van der Waals surface area contributed by atoms with Gasteiger partial charge in [-0.2, -0.15) is 0 Å². The molecule has 0 spiro atoms. The number of hydrogen-bond acceptors (Lipinski definition) is 4. The van der Waals surface area contributed by atoms with Crippen LogP contribution in [0.15, 0.2) is 18.3 Å². The summed E-state index contributed by atoms with van der Waals surface area (Å²) >= 11 is 5.56. The number of halogens is 2. The predicted molar refractivity (Wildman–Crippen MR) is 55.4 cm³/mol. The first-order valence-corrected chi connectivity index (χ1v) is 3.98. The average molecular weight is 237 g/mol. The van der Waals surface area contributed by atoms with Crippen LogP contribution in [0, 0.1) is 0 Å². The van der Waals surface area contributed by atoms with Gasteiger partial charge in [-0.15, -0.1) is 12.4 Å². The van der Waals surface area contributed by atoms with Gasteiger partial charge in [0.25, 0.3) is 0 Å². The molecule has 0 fully saturated rings. The van der Waals surface area contributed by atoms with Crippen molar-refractivity contribution in [1.29, 1.82) is 0 Å². The van der Waals surface area contributed by atoms with Crippen molar-refractivity contribution in [3.05, 3.63) is 29.0 Å². The molecule has 1 aromatic rings. The van der Waals surface area contributed by atoms with Gasteiger partial charge < -0.3 is 10.5 Å². The van der Waals surface area contributed by atoms with Crippen molar-refractivity contribution in [1.82, 2.24) is 4.98 Å². The van der Waals surface area contributed by atoms with Crippen LogP contribution in [0.5, 0.6) is 0 Å². The molecule has 0 aliphatic carbocycles. The lowest BCUT2D eigenvalue weighted by molar-refractivity contribution is -0.142. The van der Waals surface area contributed by atoms with E-state index in [2.05, 4.69) is 9.72 Å². The zero-order chi connectivity index (χ0) is 9.84. The van der Waals surface area contributed by atoms with E-state index in [1.165, 1.54) is 13.3 Å². The lowest BCUT2D eigenvalue weighted by atomic mass is 10.1. The number of carbonyl (C=O) groups is 1. The summed E-state index contributed by atoms with van der Waals surface area (Å²) in [5.74, 6) is -0.496. The van der Waals surface area contributed by atoms with Crippen LogP contribution in [0.25, 0.3) is 0 Å². The van der Waals surface area contributed by atoms with E-state index in [1.54, 1.807) is 12.1 Å². The highest BCUT2D eigenvalue weighted by atomic mass is 35.5. The molecule has 4 nitrogen and oxygen atoms in total. The van der Waals surface area contributed by atoms with Gasteiger partial charge in [0.1, 0.15) is 11.2 Å². The number of rotatable bonds is 2. The van der Waals surface area contributed by atoms with Gasteiger partial charge in [-0.05, 0) is 11.6 Å². The summed E-state index contributed by atoms with van der Waals surface area (Å²) in [6, 6.07) is 2.41. The summed E-state index contributed by atoms with van der Waals surface area (Å²) in [7, 11) is 1.28. The number of methoxy groups -OCH3 is 1. The average Bonchev–Trinajstić information content (AvgIpc) is 2.17. The first kappa shape index (κ1) is 13.2. The van der Waals surface area contributed by atoms with Crippen molar-refractivity contribution >= 4 is 30.0 Å². The number of nitrogens with zero attached hydrogens (tertiary/aromatic N) is 1. The number of hydrogen-bond donors (Lipinski definition) is 1. The quantitative estimate of drug-likeness (QED) is 0.622. The molecule has 0 aliphatic heterocycles. The highest BCUT2D eigenvalue weighted by Gasteiger charge is 2.15. The molecule has 0 saturated carbocycles. The van der Waals surface area contributed by atoms with E-state index in [0.717, 1.165) is 0 Å². The highest BCUT2D eigenvalue weighted by Crippen LogP contribution is 2.12. The summed E-state index contributed by atoms with van der Waals surface area (Å²) < 4.78 is 4.47. The van der Waals surface area contributed by atoms with E-state index in [4.69, 9.17) is 17.3 Å². The Hall–Kier alpha value is -0.840. The second kappa shape index (κ2) is 5.80. The molecule has 1 rings (SSSR count). The summed E-state index contributed by atoms with van der Waals surface area (Å²) in [6.07, 6.45) is 1.45. The molecule has 0 radical (unpaired) electrons. The van der Waals surface area contributed by atoms with E-state index in [1.807, 2.05) is 0 Å². The number of nitrogens with two attached hydrogens (primary N) is 1. The third-order valence-corrected chi connectivity index (χ3v) is 1.79. The molecule has 0 saturated heterocycles. The van der Waals surface area contributed by atoms with E-state index >= 15 is 0 Å². The van der Waals surface area contributed by atoms with Gasteiger partial charge in [0.2, 0.25) is 0 Å². The summed E-state index contributed by atoms with van der Waals surface area (Å²) in [4.78, 5) is 14.8. The number of esters is 1. The molecular formula is C8H10Cl2N2O2. The van der Waals surface area contributed by atoms with Crippen LogP contribution in [0.3, 0.4) is 0 Å². The van der Waals surface area contributed by atoms with Gasteiger partial charge in [0, 0.05) is 6.20 Å². The first-order chi connectivity index (χ1) is 6.15. The molecule has 0 aliphatic rings. The van der Waals surface area contributed by atoms with Crippen molar-refractivity contribution in [2.24, 2.45) is 5.73 Å². The Bertz CT molecular complexity index is 303. The van der Waals surface area contributed by atoms with Crippen LogP contribution < -0.4 is 5.73 Å². The maximum Gasteiger partial charge on any atom is 0.327 e. The van der Waals surface area contributed by atoms with Crippen LogP contribution in [-0.4, -0.2) is 18.1 Å². The van der Waals surface area contributed by atoms with Gasteiger partial charge in [-0.3, -0.25) is 4.79 Å². The Morgan fingerprint density at radius 1 is 1.64 bits per heavy atom. The van der Waals surface area contributed by atoms with Crippen molar-refractivity contribution in [2.45, 2.75) is 6.04 Å². The lowest BCUT2D eigenvalue weighted by Gasteiger charge is -2.08. The van der Waals surface area contributed by atoms with Crippen LogP contribution in [0.1, 0.15) is 11.6 Å². The van der Waals surface area contributed by atoms with Crippen LogP contribution in [0.2, 0.25) is 5.15 Å². The fourth-order valence-corrected chi connectivity index (χ4v) is 0.946. The Morgan fingerprint density at radius 2 is 2.29 bits per heavy atom. The molecule has 0 unspecified atom stereocenters. The molecule has 78 valence electrons. The van der Waals surface area contributed by atoms with Gasteiger partial charge in [0.05, 0.1) is 7.11 Å². The number of aromatic nitrogens is 1. The zero-order valence-corrected chi connectivity index (χ0v) is 9.01. The minimum absolute atomic E-state index is 0. The van der Waals surface area contributed by atoms with E-state index in [0.29, 0.717) is 10.7 Å². The fraction of sp³-hybridized carbons (Fsp3) is 0.250. The Kier molecular flexibility index (Phi) is 5.45. The molecular weight excluding hydrogens is 227 g/mol. The molecule has 0 aromatic carbocycles. The van der Waals surface area contributed by atoms with Crippen LogP contribution in [-0.2, 0) is 9.53 Å². The second-order valence-corrected chi connectivity index (χ2v) is 2.80. The van der Waals surface area contributed by atoms with Gasteiger partial charge in [-0.1, -0.05) is 17.7 Å². The van der Waals surface area contributed by atoms with Crippen molar-refractivity contribution in [2.75, 3.05) is 7.11 Å². The van der Waals surface area contributed by atoms with Gasteiger partial charge >= 0.3 is 5.97 Å². The van der Waals surface area contributed by atoms with Gasteiger partial charge in [-0.25, -0.2) is 4.98 Å². The Balaban J connectivity index is 0.00000169. The number of ether oxygens (including phenoxy) is 1. The molecule has 0 bridgehead atoms. The first-order valence-electron chi connectivity index (χ1n) is 3.60. The fourth-order valence-electron chi connectivity index (χ4n) is 0.834. The van der Waals surface area contributed by atoms with Crippen molar-refractivity contribution < 1.29 is 9.53 Å². The van der Waals surface area contributed by atoms with E-state index in [9.17, 15) is 4.79 Å². The molecule has 6 heteroatoms. The number of pyridine rings is 1. The van der Waals surface area contributed by atoms with Crippen molar-refractivity contribution in [3.8, 4) is 0 Å². The molecule has 0 amide bonds. The third-order valence-electron chi connectivity index (χ3n) is 1.56. The molecule has 1 aromatic heterocycles. The minimum atomic E-state index is -0.797. The standard InChI is InChI=1S/C8H9ClN2O2.ClH/c1-13-8(12)7(10)5-2-3-6(9)11-4-5;/h2-4,7H,10H2,1H3;1H/t7-;/m1./s1. The zero-order valence-electron chi connectivity index (χ0n) is 7.44. The lowest BCUT2D eigenvalue weighted by Crippen LogP contribution is -2.22. The van der Waals surface area contributed by atoms with E-state index < -0.39 is 12.0 Å². The Morgan fingerprint density at radius 3 is 2.71 bits per heavy atom. The highest BCUT2D eigenvalue weighted by molar-refractivity contribution is 6.29. The largest absolute Gasteiger partial charge is 0.468 e. The van der Waals surface area contributed by atoms with Crippen molar-refractivity contribution in [3.63, 3.8) is 0 Å². The summed E-state index contributed by atoms with van der Waals surface area (Å²) in [6.45, 7) is 0. The topological polar surface area (TPSA) is 65.2 Å². The summed E-state index contributed by atoms with van der Waals surface area (Å²) in [5.41, 5.74) is 6.12. The number of carbonyl (C=O) groups excluding carboxylic acids is 1.